The molecule has 0 fully saturated rings. The van der Waals surface area contributed by atoms with Crippen LogP contribution in [0.3, 0.4) is 0 Å². The quantitative estimate of drug-likeness (QED) is 0.244. The number of fused-ring (bicyclic) bond motifs is 1. The summed E-state index contributed by atoms with van der Waals surface area (Å²) >= 11 is 0. The van der Waals surface area contributed by atoms with Crippen LogP contribution in [0.5, 0.6) is 5.75 Å². The van der Waals surface area contributed by atoms with E-state index in [4.69, 9.17) is 4.55 Å². The minimum absolute atomic E-state index is 0. The summed E-state index contributed by atoms with van der Waals surface area (Å²) in [6.45, 7) is 0. The molecule has 0 saturated heterocycles. The monoisotopic (exact) mass is 453 g/mol. The van der Waals surface area contributed by atoms with Crippen LogP contribution in [0.15, 0.2) is 74.6 Å². The van der Waals surface area contributed by atoms with Crippen molar-refractivity contribution in [2.45, 2.75) is 9.79 Å². The van der Waals surface area contributed by atoms with Crippen molar-refractivity contribution in [3.8, 4) is 5.75 Å². The zero-order chi connectivity index (χ0) is 19.8. The SMILES string of the molecule is O=S(=O)([O-])c1ccc2c(N=Nc3ccc(S(=O)(=O)O)cc3)c(O)ccc2c1.[Na+].[Na+]. The van der Waals surface area contributed by atoms with Crippen LogP contribution in [-0.4, -0.2) is 31.0 Å². The van der Waals surface area contributed by atoms with E-state index in [9.17, 15) is 26.5 Å². The fourth-order valence-corrected chi connectivity index (χ4v) is 3.32. The second-order valence-corrected chi connectivity index (χ2v) is 8.24. The molecule has 3 rings (SSSR count). The number of phenolic OH excluding ortho intramolecular Hbond substituents is 1. The van der Waals surface area contributed by atoms with Crippen LogP contribution in [0.25, 0.3) is 10.8 Å². The number of rotatable bonds is 4. The zero-order valence-corrected chi connectivity index (χ0v) is 21.0. The molecule has 0 atom stereocenters. The first-order valence-electron chi connectivity index (χ1n) is 7.27. The first kappa shape index (κ1) is 26.2. The Kier molecular flexibility index (Phi) is 8.99. The maximum Gasteiger partial charge on any atom is 1.00 e. The van der Waals surface area contributed by atoms with Gasteiger partial charge in [0.15, 0.2) is 0 Å². The molecule has 3 aromatic carbocycles. The van der Waals surface area contributed by atoms with Gasteiger partial charge in [-0.1, -0.05) is 12.1 Å². The van der Waals surface area contributed by atoms with Crippen LogP contribution in [-0.2, 0) is 20.2 Å². The van der Waals surface area contributed by atoms with E-state index in [2.05, 4.69) is 10.2 Å². The Morgan fingerprint density at radius 2 is 1.38 bits per heavy atom. The average Bonchev–Trinajstić information content (AvgIpc) is 2.59. The van der Waals surface area contributed by atoms with Crippen LogP contribution in [0, 0.1) is 0 Å². The molecule has 0 aliphatic heterocycles. The number of nitrogens with zero attached hydrogens (tertiary/aromatic N) is 2. The van der Waals surface area contributed by atoms with Crippen molar-refractivity contribution >= 4 is 42.4 Å². The van der Waals surface area contributed by atoms with Gasteiger partial charge < -0.3 is 9.66 Å². The van der Waals surface area contributed by atoms with Crippen molar-refractivity contribution in [1.29, 1.82) is 0 Å². The van der Waals surface area contributed by atoms with Crippen molar-refractivity contribution in [3.05, 3.63) is 54.6 Å². The molecule has 0 bridgehead atoms. The molecule has 140 valence electrons. The number of benzene rings is 3. The standard InChI is InChI=1S/C16H12N2O7S2.2Na/c19-15-8-1-10-9-13(27(23,24)25)6-7-14(10)16(15)18-17-11-2-4-12(5-3-11)26(20,21)22;;/h1-9,19H,(H,20,21,22)(H,23,24,25);;/q;2*+1/p-1. The van der Waals surface area contributed by atoms with E-state index in [1.165, 1.54) is 30.3 Å². The molecule has 0 aliphatic rings. The minimum atomic E-state index is -4.62. The summed E-state index contributed by atoms with van der Waals surface area (Å²) in [7, 11) is -8.95. The Balaban J connectivity index is 0.00000210. The number of phenols is 1. The third-order valence-corrected chi connectivity index (χ3v) is 5.33. The second-order valence-electron chi connectivity index (χ2n) is 5.44. The first-order valence-corrected chi connectivity index (χ1v) is 10.1. The van der Waals surface area contributed by atoms with Gasteiger partial charge in [0, 0.05) is 5.39 Å². The fraction of sp³-hybridized carbons (Fsp3) is 0. The van der Waals surface area contributed by atoms with E-state index in [1.807, 2.05) is 0 Å². The molecule has 0 amide bonds. The summed E-state index contributed by atoms with van der Waals surface area (Å²) in [5.74, 6) is -0.224. The minimum Gasteiger partial charge on any atom is -0.744 e. The second kappa shape index (κ2) is 9.96. The van der Waals surface area contributed by atoms with E-state index in [-0.39, 0.29) is 81.1 Å². The molecule has 13 heteroatoms. The van der Waals surface area contributed by atoms with Crippen LogP contribution < -0.4 is 59.1 Å². The molecule has 0 aromatic heterocycles. The molecular weight excluding hydrogens is 442 g/mol. The van der Waals surface area contributed by atoms with E-state index in [0.717, 1.165) is 24.3 Å². The Morgan fingerprint density at radius 3 is 1.93 bits per heavy atom. The summed E-state index contributed by atoms with van der Waals surface area (Å²) in [6.07, 6.45) is 0. The summed E-state index contributed by atoms with van der Waals surface area (Å²) in [4.78, 5) is -0.717. The summed E-state index contributed by atoms with van der Waals surface area (Å²) in [5.41, 5.74) is 0.291. The predicted octanol–water partition coefficient (Wildman–Crippen LogP) is -2.88. The van der Waals surface area contributed by atoms with Crippen molar-refractivity contribution in [3.63, 3.8) is 0 Å². The maximum absolute atomic E-state index is 11.1. The van der Waals surface area contributed by atoms with Crippen LogP contribution in [0.4, 0.5) is 11.4 Å². The Labute approximate surface area is 210 Å². The topological polar surface area (TPSA) is 157 Å². The molecule has 0 saturated carbocycles. The van der Waals surface area contributed by atoms with Gasteiger partial charge in [-0.15, -0.1) is 5.11 Å². The third kappa shape index (κ3) is 6.31. The van der Waals surface area contributed by atoms with Gasteiger partial charge in [0.2, 0.25) is 0 Å². The molecule has 0 spiro atoms. The van der Waals surface area contributed by atoms with Crippen molar-refractivity contribution < 1.29 is 90.2 Å². The Bertz CT molecular complexity index is 1280. The van der Waals surface area contributed by atoms with Gasteiger partial charge in [0.05, 0.1) is 15.5 Å². The smallest absolute Gasteiger partial charge is 0.744 e. The maximum atomic E-state index is 11.1. The summed E-state index contributed by atoms with van der Waals surface area (Å²) in [5, 5.41) is 18.6. The number of hydrogen-bond donors (Lipinski definition) is 2. The number of azo groups is 1. The van der Waals surface area contributed by atoms with Gasteiger partial charge in [-0.3, -0.25) is 4.55 Å². The van der Waals surface area contributed by atoms with E-state index < -0.39 is 25.1 Å². The molecular formula is C16H11N2Na2O7S2+. The van der Waals surface area contributed by atoms with Gasteiger partial charge in [-0.05, 0) is 47.9 Å². The number of hydrogen-bond acceptors (Lipinski definition) is 8. The van der Waals surface area contributed by atoms with Crippen molar-refractivity contribution in [2.75, 3.05) is 0 Å². The van der Waals surface area contributed by atoms with Gasteiger partial charge in [-0.25, -0.2) is 8.42 Å². The van der Waals surface area contributed by atoms with Gasteiger partial charge in [0.1, 0.15) is 21.6 Å². The molecule has 2 N–H and O–H groups in total. The summed E-state index contributed by atoms with van der Waals surface area (Å²) < 4.78 is 64.4. The molecule has 9 nitrogen and oxygen atoms in total. The Hall–Kier alpha value is -0.860. The predicted molar refractivity (Wildman–Crippen MR) is 94.0 cm³/mol. The van der Waals surface area contributed by atoms with E-state index in [1.54, 1.807) is 0 Å². The largest absolute Gasteiger partial charge is 1.00 e. The van der Waals surface area contributed by atoms with Gasteiger partial charge in [0.25, 0.3) is 10.1 Å². The first-order chi connectivity index (χ1) is 12.6. The Morgan fingerprint density at radius 1 is 0.793 bits per heavy atom. The molecule has 29 heavy (non-hydrogen) atoms. The molecule has 0 heterocycles. The van der Waals surface area contributed by atoms with Crippen LogP contribution in [0.2, 0.25) is 0 Å². The molecule has 0 unspecified atom stereocenters. The van der Waals surface area contributed by atoms with E-state index >= 15 is 0 Å². The summed E-state index contributed by atoms with van der Waals surface area (Å²) in [6, 6.07) is 11.2. The zero-order valence-electron chi connectivity index (χ0n) is 15.3. The van der Waals surface area contributed by atoms with Crippen molar-refractivity contribution in [1.82, 2.24) is 0 Å². The fourth-order valence-electron chi connectivity index (χ4n) is 2.33. The van der Waals surface area contributed by atoms with Crippen molar-refractivity contribution in [2.24, 2.45) is 10.2 Å². The number of aromatic hydroxyl groups is 1. The van der Waals surface area contributed by atoms with E-state index in [0.29, 0.717) is 10.8 Å². The van der Waals surface area contributed by atoms with Gasteiger partial charge >= 0.3 is 59.1 Å². The molecule has 0 radical (unpaired) electrons. The molecule has 0 aliphatic carbocycles. The normalized spacial score (nSPS) is 11.8. The average molecular weight is 453 g/mol. The third-order valence-electron chi connectivity index (χ3n) is 3.63. The van der Waals surface area contributed by atoms with Gasteiger partial charge in [-0.2, -0.15) is 13.5 Å². The van der Waals surface area contributed by atoms with Crippen LogP contribution >= 0.6 is 0 Å². The molecule has 3 aromatic rings. The van der Waals surface area contributed by atoms with Crippen LogP contribution in [0.1, 0.15) is 0 Å².